The molecule has 0 spiro atoms. The number of carbonyl (C=O) groups excluding carboxylic acids is 1. The molecule has 2 heterocycles. The third kappa shape index (κ3) is 6.08. The molecule has 3 aromatic carbocycles. The van der Waals surface area contributed by atoms with Crippen molar-refractivity contribution in [1.82, 2.24) is 15.6 Å². The van der Waals surface area contributed by atoms with Crippen molar-refractivity contribution in [1.29, 1.82) is 5.26 Å². The van der Waals surface area contributed by atoms with Crippen LogP contribution in [0.5, 0.6) is 0 Å². The van der Waals surface area contributed by atoms with E-state index in [1.54, 1.807) is 21.6 Å². The number of piperazine rings is 1. The number of nitrogens with zero attached hydrogens (tertiary/aromatic N) is 4. The molecular weight excluding hydrogens is 524 g/mol. The Kier molecular flexibility index (Phi) is 9.77. The summed E-state index contributed by atoms with van der Waals surface area (Å²) in [6, 6.07) is 20.9. The summed E-state index contributed by atoms with van der Waals surface area (Å²) in [5, 5.41) is 10.8. The van der Waals surface area contributed by atoms with Gasteiger partial charge in [0.05, 0.1) is 17.7 Å². The zero-order valence-electron chi connectivity index (χ0n) is 21.4. The highest BCUT2D eigenvalue weighted by Crippen LogP contribution is 2.30. The van der Waals surface area contributed by atoms with Crippen molar-refractivity contribution < 1.29 is 13.6 Å². The summed E-state index contributed by atoms with van der Waals surface area (Å²) in [6.45, 7) is 1.87. The van der Waals surface area contributed by atoms with Gasteiger partial charge >= 0.3 is 0 Å². The molecule has 202 valence electrons. The number of fused-ring (bicyclic) bond motifs is 1. The van der Waals surface area contributed by atoms with Gasteiger partial charge in [0.15, 0.2) is 0 Å². The fourth-order valence-corrected chi connectivity index (χ4v) is 4.66. The van der Waals surface area contributed by atoms with Crippen LogP contribution in [0.4, 0.5) is 14.5 Å². The lowest BCUT2D eigenvalue weighted by Gasteiger charge is -2.37. The fourth-order valence-electron chi connectivity index (χ4n) is 4.66. The molecular formula is C29H28ClF2N5O2. The quantitative estimate of drug-likeness (QED) is 0.352. The summed E-state index contributed by atoms with van der Waals surface area (Å²) in [5.74, 6) is -0.947. The Morgan fingerprint density at radius 3 is 2.05 bits per heavy atom. The van der Waals surface area contributed by atoms with E-state index in [1.807, 2.05) is 29.2 Å². The van der Waals surface area contributed by atoms with E-state index in [2.05, 4.69) is 17.7 Å². The van der Waals surface area contributed by atoms with E-state index in [0.717, 1.165) is 10.9 Å². The minimum Gasteiger partial charge on any atom is -0.366 e. The highest BCUT2D eigenvalue weighted by molar-refractivity contribution is 6.15. The van der Waals surface area contributed by atoms with Gasteiger partial charge < -0.3 is 20.5 Å². The van der Waals surface area contributed by atoms with E-state index in [9.17, 15) is 23.6 Å². The van der Waals surface area contributed by atoms with Crippen LogP contribution in [0.25, 0.3) is 10.9 Å². The lowest BCUT2D eigenvalue weighted by molar-refractivity contribution is 0.0747. The molecule has 10 heteroatoms. The van der Waals surface area contributed by atoms with Gasteiger partial charge in [-0.15, -0.1) is 11.6 Å². The Morgan fingerprint density at radius 2 is 1.46 bits per heavy atom. The van der Waals surface area contributed by atoms with Crippen LogP contribution in [0, 0.1) is 23.0 Å². The van der Waals surface area contributed by atoms with Crippen LogP contribution in [-0.2, 0) is 6.54 Å². The number of alkyl halides is 1. The topological polar surface area (TPSA) is 104 Å². The number of hydrogen-bond acceptors (Lipinski definition) is 5. The fraction of sp³-hybridized carbons (Fsp3) is 0.207. The molecule has 1 amide bonds. The highest BCUT2D eigenvalue weighted by Gasteiger charge is 2.27. The van der Waals surface area contributed by atoms with E-state index >= 15 is 0 Å². The molecule has 0 atom stereocenters. The first-order chi connectivity index (χ1) is 18.5. The van der Waals surface area contributed by atoms with E-state index in [4.69, 9.17) is 0 Å². The second kappa shape index (κ2) is 13.0. The van der Waals surface area contributed by atoms with E-state index in [1.165, 1.54) is 42.8 Å². The monoisotopic (exact) mass is 551 g/mol. The van der Waals surface area contributed by atoms with Gasteiger partial charge in [0.1, 0.15) is 23.3 Å². The maximum absolute atomic E-state index is 13.5. The Labute approximate surface area is 230 Å². The molecule has 0 radical (unpaired) electrons. The van der Waals surface area contributed by atoms with E-state index in [-0.39, 0.29) is 30.0 Å². The van der Waals surface area contributed by atoms with Crippen LogP contribution in [0.1, 0.15) is 21.5 Å². The summed E-state index contributed by atoms with van der Waals surface area (Å²) in [5.41, 5.74) is 2.01. The zero-order chi connectivity index (χ0) is 27.2. The molecule has 1 aliphatic heterocycles. The summed E-state index contributed by atoms with van der Waals surface area (Å²) >= 11 is 4.64. The third-order valence-corrected chi connectivity index (χ3v) is 6.49. The summed E-state index contributed by atoms with van der Waals surface area (Å²) in [7, 11) is 0. The molecule has 5 rings (SSSR count). The molecule has 1 saturated heterocycles. The number of rotatable bonds is 4. The van der Waals surface area contributed by atoms with Gasteiger partial charge in [-0.1, -0.05) is 30.3 Å². The van der Waals surface area contributed by atoms with Gasteiger partial charge in [-0.05, 0) is 48.0 Å². The van der Waals surface area contributed by atoms with Crippen LogP contribution in [0.2, 0.25) is 0 Å². The van der Waals surface area contributed by atoms with Crippen molar-refractivity contribution in [2.45, 2.75) is 6.54 Å². The number of aromatic nitrogens is 1. The number of nitriles is 1. The van der Waals surface area contributed by atoms with E-state index in [0.29, 0.717) is 42.9 Å². The van der Waals surface area contributed by atoms with Crippen LogP contribution in [-0.4, -0.2) is 47.9 Å². The Morgan fingerprint density at radius 1 is 0.897 bits per heavy atom. The summed E-state index contributed by atoms with van der Waals surface area (Å²) < 4.78 is 28.1. The normalized spacial score (nSPS) is 12.7. The van der Waals surface area contributed by atoms with Gasteiger partial charge in [-0.3, -0.25) is 9.59 Å². The first kappa shape index (κ1) is 29.3. The van der Waals surface area contributed by atoms with Gasteiger partial charge in [0.2, 0.25) is 0 Å². The maximum Gasteiger partial charge on any atom is 0.271 e. The average Bonchev–Trinajstić information content (AvgIpc) is 2.96. The number of pyridine rings is 1. The number of benzene rings is 3. The van der Waals surface area contributed by atoms with Crippen LogP contribution < -0.4 is 16.6 Å². The molecule has 1 aromatic heterocycles. The molecule has 7 nitrogen and oxygen atoms in total. The second-order valence-electron chi connectivity index (χ2n) is 8.66. The maximum atomic E-state index is 13.5. The molecule has 0 aliphatic carbocycles. The lowest BCUT2D eigenvalue weighted by Crippen LogP contribution is -2.49. The smallest absolute Gasteiger partial charge is 0.271 e. The first-order valence-corrected chi connectivity index (χ1v) is 12.7. The molecule has 39 heavy (non-hydrogen) atoms. The van der Waals surface area contributed by atoms with Crippen LogP contribution in [0.3, 0.4) is 0 Å². The van der Waals surface area contributed by atoms with Crippen molar-refractivity contribution in [3.8, 4) is 6.07 Å². The minimum absolute atomic E-state index is 0. The highest BCUT2D eigenvalue weighted by atomic mass is 35.5. The molecule has 3 N–H and O–H groups in total. The van der Waals surface area contributed by atoms with Crippen molar-refractivity contribution in [3.05, 3.63) is 111 Å². The number of para-hydroxylation sites is 1. The van der Waals surface area contributed by atoms with E-state index < -0.39 is 11.4 Å². The average molecular weight is 552 g/mol. The predicted octanol–water partition coefficient (Wildman–Crippen LogP) is 5.18. The van der Waals surface area contributed by atoms with Crippen molar-refractivity contribution >= 4 is 34.1 Å². The summed E-state index contributed by atoms with van der Waals surface area (Å²) in [4.78, 5) is 30.0. The summed E-state index contributed by atoms with van der Waals surface area (Å²) in [6.07, 6.45) is 1.47. The van der Waals surface area contributed by atoms with Crippen molar-refractivity contribution in [3.63, 3.8) is 0 Å². The van der Waals surface area contributed by atoms with Crippen LogP contribution >= 0.6 is 11.6 Å². The first-order valence-electron chi connectivity index (χ1n) is 11.9. The molecule has 1 fully saturated rings. The Bertz CT molecular complexity index is 1540. The lowest BCUT2D eigenvalue weighted by atomic mass is 10.1. The van der Waals surface area contributed by atoms with Gasteiger partial charge in [-0.25, -0.2) is 8.78 Å². The number of amides is 1. The number of halogens is 3. The predicted molar refractivity (Wildman–Crippen MR) is 150 cm³/mol. The number of anilines is 1. The Hall–Kier alpha value is -4.26. The number of carbonyl (C=O) groups is 1. The largest absolute Gasteiger partial charge is 0.366 e. The molecule has 0 unspecified atom stereocenters. The molecule has 4 aromatic rings. The molecule has 0 bridgehead atoms. The standard InChI is InChI=1S/C28H22F2N4O2.CH3Cl.H3N/c29-21-9-5-19(6-10-21)18-34-25-4-2-1-3-23(25)26(24(17-31)28(34)36)32-13-15-33(16-14-32)27(35)20-7-11-22(30)12-8-20;1-2;/h1-12H,13-16,18H2;1H3;1H3. The van der Waals surface area contributed by atoms with Crippen LogP contribution in [0.15, 0.2) is 77.6 Å². The Balaban J connectivity index is 0.00000137. The van der Waals surface area contributed by atoms with Gasteiger partial charge in [-0.2, -0.15) is 5.26 Å². The van der Waals surface area contributed by atoms with Gasteiger partial charge in [0, 0.05) is 43.5 Å². The van der Waals surface area contributed by atoms with Crippen molar-refractivity contribution in [2.75, 3.05) is 37.5 Å². The third-order valence-electron chi connectivity index (χ3n) is 6.49. The minimum atomic E-state index is -0.416. The SMILES string of the molecule is CCl.N.N#Cc1c(N2CCN(C(=O)c3ccc(F)cc3)CC2)c2ccccc2n(Cc2ccc(F)cc2)c1=O. The van der Waals surface area contributed by atoms with Crippen molar-refractivity contribution in [2.24, 2.45) is 0 Å². The second-order valence-corrected chi connectivity index (χ2v) is 8.66. The molecule has 1 aliphatic rings. The zero-order valence-corrected chi connectivity index (χ0v) is 22.2. The number of hydrogen-bond donors (Lipinski definition) is 1. The van der Waals surface area contributed by atoms with Gasteiger partial charge in [0.25, 0.3) is 11.5 Å². The molecule has 0 saturated carbocycles.